The van der Waals surface area contributed by atoms with Crippen LogP contribution >= 0.6 is 23.4 Å². The van der Waals surface area contributed by atoms with Gasteiger partial charge in [-0.1, -0.05) is 41.9 Å². The Morgan fingerprint density at radius 3 is 2.67 bits per heavy atom. The molecule has 0 saturated carbocycles. The van der Waals surface area contributed by atoms with Crippen molar-refractivity contribution in [1.29, 1.82) is 0 Å². The van der Waals surface area contributed by atoms with Crippen molar-refractivity contribution in [3.63, 3.8) is 0 Å². The molecule has 1 aromatic heterocycles. The summed E-state index contributed by atoms with van der Waals surface area (Å²) < 4.78 is 19.5. The van der Waals surface area contributed by atoms with Crippen LogP contribution in [0.15, 0.2) is 58.2 Å². The molecule has 0 spiro atoms. The number of benzene rings is 2. The molecule has 2 aromatic carbocycles. The third-order valence-electron chi connectivity index (χ3n) is 4.73. The first-order chi connectivity index (χ1) is 14.5. The summed E-state index contributed by atoms with van der Waals surface area (Å²) in [5.41, 5.74) is 0.599. The number of imide groups is 1. The fraction of sp³-hybridized carbons (Fsp3) is 0.238. The van der Waals surface area contributed by atoms with Crippen LogP contribution in [0.25, 0.3) is 11.5 Å². The van der Waals surface area contributed by atoms with Crippen LogP contribution in [0.5, 0.6) is 0 Å². The van der Waals surface area contributed by atoms with E-state index < -0.39 is 11.1 Å². The average molecular weight is 446 g/mol. The van der Waals surface area contributed by atoms with E-state index in [1.54, 1.807) is 42.5 Å². The van der Waals surface area contributed by atoms with E-state index in [0.29, 0.717) is 30.0 Å². The lowest BCUT2D eigenvalue weighted by Gasteiger charge is -2.21. The molecule has 0 bridgehead atoms. The standard InChI is InChI=1S/C21H17ClFN3O3S/c22-14-10-8-13(9-11-14)19(27)26-12-4-3-7-17(20(26)28)30-21-25-24-18(29-21)15-5-1-2-6-16(15)23/h1-2,5-6,8-11,17H,3-4,7,12H2. The molecular formula is C21H17ClFN3O3S. The van der Waals surface area contributed by atoms with Crippen molar-refractivity contribution >= 4 is 35.2 Å². The summed E-state index contributed by atoms with van der Waals surface area (Å²) in [5.74, 6) is -1.08. The zero-order chi connectivity index (χ0) is 21.1. The zero-order valence-corrected chi connectivity index (χ0v) is 17.3. The minimum Gasteiger partial charge on any atom is -0.411 e. The van der Waals surface area contributed by atoms with E-state index in [0.717, 1.165) is 18.2 Å². The SMILES string of the molecule is O=C(c1ccc(Cl)cc1)N1CCCCC(Sc2nnc(-c3ccccc3F)o2)C1=O. The Hall–Kier alpha value is -2.71. The van der Waals surface area contributed by atoms with Gasteiger partial charge < -0.3 is 4.42 Å². The molecule has 1 aliphatic heterocycles. The Labute approximate surface area is 181 Å². The van der Waals surface area contributed by atoms with E-state index in [1.807, 2.05) is 0 Å². The van der Waals surface area contributed by atoms with Gasteiger partial charge in [0.2, 0.25) is 5.91 Å². The second-order valence-electron chi connectivity index (χ2n) is 6.76. The summed E-state index contributed by atoms with van der Waals surface area (Å²) >= 11 is 6.98. The van der Waals surface area contributed by atoms with Crippen LogP contribution in [-0.4, -0.2) is 38.7 Å². The predicted octanol–water partition coefficient (Wildman–Crippen LogP) is 4.84. The van der Waals surface area contributed by atoms with E-state index >= 15 is 0 Å². The molecule has 1 saturated heterocycles. The van der Waals surface area contributed by atoms with Gasteiger partial charge in [-0.15, -0.1) is 10.2 Å². The highest BCUT2D eigenvalue weighted by Crippen LogP contribution is 2.32. The van der Waals surface area contributed by atoms with Gasteiger partial charge in [0.15, 0.2) is 0 Å². The van der Waals surface area contributed by atoms with Gasteiger partial charge in [-0.2, -0.15) is 0 Å². The number of halogens is 2. The molecule has 1 fully saturated rings. The van der Waals surface area contributed by atoms with Crippen LogP contribution in [0.3, 0.4) is 0 Å². The molecule has 154 valence electrons. The third kappa shape index (κ3) is 4.39. The van der Waals surface area contributed by atoms with Crippen LogP contribution in [0.1, 0.15) is 29.6 Å². The quantitative estimate of drug-likeness (QED) is 0.535. The maximum Gasteiger partial charge on any atom is 0.277 e. The third-order valence-corrected chi connectivity index (χ3v) is 6.07. The maximum atomic E-state index is 13.9. The second-order valence-corrected chi connectivity index (χ2v) is 8.35. The molecule has 6 nitrogen and oxygen atoms in total. The van der Waals surface area contributed by atoms with Gasteiger partial charge >= 0.3 is 0 Å². The van der Waals surface area contributed by atoms with Crippen LogP contribution in [0.4, 0.5) is 4.39 Å². The van der Waals surface area contributed by atoms with E-state index in [4.69, 9.17) is 16.0 Å². The highest BCUT2D eigenvalue weighted by Gasteiger charge is 2.33. The molecule has 9 heteroatoms. The lowest BCUT2D eigenvalue weighted by Crippen LogP contribution is -2.41. The number of thioether (sulfide) groups is 1. The van der Waals surface area contributed by atoms with Crippen LogP contribution < -0.4 is 0 Å². The number of hydrogen-bond donors (Lipinski definition) is 0. The Bertz CT molecular complexity index is 1070. The molecule has 2 heterocycles. The smallest absolute Gasteiger partial charge is 0.277 e. The summed E-state index contributed by atoms with van der Waals surface area (Å²) in [6, 6.07) is 12.5. The Morgan fingerprint density at radius 1 is 1.13 bits per heavy atom. The Balaban J connectivity index is 1.51. The molecular weight excluding hydrogens is 429 g/mol. The number of nitrogens with zero attached hydrogens (tertiary/aromatic N) is 3. The first-order valence-corrected chi connectivity index (χ1v) is 10.6. The van der Waals surface area contributed by atoms with Gasteiger partial charge in [-0.3, -0.25) is 14.5 Å². The van der Waals surface area contributed by atoms with Gasteiger partial charge in [-0.05, 0) is 49.2 Å². The molecule has 0 aliphatic carbocycles. The topological polar surface area (TPSA) is 76.3 Å². The van der Waals surface area contributed by atoms with E-state index in [-0.39, 0.29) is 28.5 Å². The highest BCUT2D eigenvalue weighted by atomic mass is 35.5. The van der Waals surface area contributed by atoms with Crippen molar-refractivity contribution in [2.24, 2.45) is 0 Å². The van der Waals surface area contributed by atoms with Gasteiger partial charge in [-0.25, -0.2) is 4.39 Å². The van der Waals surface area contributed by atoms with Crippen LogP contribution in [0, 0.1) is 5.82 Å². The lowest BCUT2D eigenvalue weighted by molar-refractivity contribution is -0.127. The molecule has 1 aliphatic rings. The van der Waals surface area contributed by atoms with Gasteiger partial charge in [0.25, 0.3) is 17.0 Å². The number of rotatable bonds is 4. The van der Waals surface area contributed by atoms with Crippen LogP contribution in [0.2, 0.25) is 5.02 Å². The molecule has 3 aromatic rings. The number of hydrogen-bond acceptors (Lipinski definition) is 6. The zero-order valence-electron chi connectivity index (χ0n) is 15.8. The minimum atomic E-state index is -0.544. The summed E-state index contributed by atoms with van der Waals surface area (Å²) in [7, 11) is 0. The van der Waals surface area contributed by atoms with Crippen molar-refractivity contribution < 1.29 is 18.4 Å². The van der Waals surface area contributed by atoms with Crippen molar-refractivity contribution in [3.05, 3.63) is 64.9 Å². The number of carbonyl (C=O) groups excluding carboxylic acids is 2. The molecule has 0 N–H and O–H groups in total. The molecule has 2 amide bonds. The van der Waals surface area contributed by atoms with E-state index in [9.17, 15) is 14.0 Å². The first kappa shape index (κ1) is 20.6. The number of carbonyl (C=O) groups is 2. The van der Waals surface area contributed by atoms with Crippen molar-refractivity contribution in [3.8, 4) is 11.5 Å². The maximum absolute atomic E-state index is 13.9. The van der Waals surface area contributed by atoms with Gasteiger partial charge in [0, 0.05) is 17.1 Å². The Kier molecular flexibility index (Phi) is 6.15. The summed E-state index contributed by atoms with van der Waals surface area (Å²) in [4.78, 5) is 27.2. The average Bonchev–Trinajstić information content (AvgIpc) is 3.13. The second kappa shape index (κ2) is 8.97. The van der Waals surface area contributed by atoms with Gasteiger partial charge in [0.05, 0.1) is 10.8 Å². The molecule has 0 radical (unpaired) electrons. The lowest BCUT2D eigenvalue weighted by atomic mass is 10.2. The molecule has 30 heavy (non-hydrogen) atoms. The largest absolute Gasteiger partial charge is 0.411 e. The summed E-state index contributed by atoms with van der Waals surface area (Å²) in [5, 5.41) is 7.96. The van der Waals surface area contributed by atoms with Crippen molar-refractivity contribution in [2.75, 3.05) is 6.54 Å². The highest BCUT2D eigenvalue weighted by molar-refractivity contribution is 8.00. The number of likely N-dealkylation sites (tertiary alicyclic amines) is 1. The fourth-order valence-electron chi connectivity index (χ4n) is 3.19. The van der Waals surface area contributed by atoms with Crippen LogP contribution in [-0.2, 0) is 4.79 Å². The van der Waals surface area contributed by atoms with E-state index in [1.165, 1.54) is 11.0 Å². The monoisotopic (exact) mass is 445 g/mol. The van der Waals surface area contributed by atoms with E-state index in [2.05, 4.69) is 10.2 Å². The number of aromatic nitrogens is 2. The molecule has 4 rings (SSSR count). The fourth-order valence-corrected chi connectivity index (χ4v) is 4.29. The predicted molar refractivity (Wildman–Crippen MR) is 111 cm³/mol. The van der Waals surface area contributed by atoms with Gasteiger partial charge in [0.1, 0.15) is 5.82 Å². The summed E-state index contributed by atoms with van der Waals surface area (Å²) in [6.45, 7) is 0.349. The molecule has 1 unspecified atom stereocenters. The first-order valence-electron chi connectivity index (χ1n) is 9.39. The normalized spacial score (nSPS) is 17.1. The Morgan fingerprint density at radius 2 is 1.90 bits per heavy atom. The van der Waals surface area contributed by atoms with Crippen molar-refractivity contribution in [2.45, 2.75) is 29.7 Å². The minimum absolute atomic E-state index is 0.0470. The molecule has 1 atom stereocenters. The van der Waals surface area contributed by atoms with Crippen molar-refractivity contribution in [1.82, 2.24) is 15.1 Å². The summed E-state index contributed by atoms with van der Waals surface area (Å²) in [6.07, 6.45) is 2.07. The number of amides is 2.